The van der Waals surface area contributed by atoms with Gasteiger partial charge < -0.3 is 10.3 Å². The molecule has 1 heterocycles. The summed E-state index contributed by atoms with van der Waals surface area (Å²) in [4.78, 5) is 20.4. The third kappa shape index (κ3) is 4.14. The fourth-order valence-corrected chi connectivity index (χ4v) is 2.61. The highest BCUT2D eigenvalue weighted by Crippen LogP contribution is 2.18. The first kappa shape index (κ1) is 16.1. The third-order valence-electron chi connectivity index (χ3n) is 3.47. The van der Waals surface area contributed by atoms with Gasteiger partial charge in [-0.3, -0.25) is 4.79 Å². The predicted molar refractivity (Wildman–Crippen MR) is 99.9 cm³/mol. The van der Waals surface area contributed by atoms with Crippen LogP contribution >= 0.6 is 11.8 Å². The highest BCUT2D eigenvalue weighted by Gasteiger charge is 2.01. The summed E-state index contributed by atoms with van der Waals surface area (Å²) in [7, 11) is 0. The van der Waals surface area contributed by atoms with Crippen LogP contribution in [0.1, 0.15) is 5.56 Å². The van der Waals surface area contributed by atoms with E-state index >= 15 is 0 Å². The van der Waals surface area contributed by atoms with Crippen LogP contribution in [-0.4, -0.2) is 22.1 Å². The van der Waals surface area contributed by atoms with E-state index in [0.29, 0.717) is 0 Å². The zero-order chi connectivity index (χ0) is 16.8. The van der Waals surface area contributed by atoms with E-state index in [2.05, 4.69) is 15.3 Å². The molecule has 24 heavy (non-hydrogen) atoms. The van der Waals surface area contributed by atoms with Crippen molar-refractivity contribution < 1.29 is 4.79 Å². The van der Waals surface area contributed by atoms with Crippen molar-refractivity contribution >= 4 is 29.4 Å². The van der Waals surface area contributed by atoms with Crippen molar-refractivity contribution in [1.82, 2.24) is 9.97 Å². The van der Waals surface area contributed by atoms with Gasteiger partial charge in [0.1, 0.15) is 5.82 Å². The fourth-order valence-electron chi connectivity index (χ4n) is 2.21. The van der Waals surface area contributed by atoms with Gasteiger partial charge in [-0.1, -0.05) is 12.1 Å². The first-order valence-corrected chi connectivity index (χ1v) is 8.70. The van der Waals surface area contributed by atoms with Gasteiger partial charge in [0.2, 0.25) is 5.91 Å². The van der Waals surface area contributed by atoms with E-state index in [1.807, 2.05) is 54.8 Å². The van der Waals surface area contributed by atoms with Crippen molar-refractivity contribution in [3.8, 4) is 11.4 Å². The number of hydrogen-bond donors (Lipinski definition) is 2. The number of carbonyl (C=O) groups excluding carboxylic acids is 1. The van der Waals surface area contributed by atoms with Gasteiger partial charge in [0.25, 0.3) is 0 Å². The quantitative estimate of drug-likeness (QED) is 0.535. The maximum absolute atomic E-state index is 12.0. The second kappa shape index (κ2) is 7.66. The van der Waals surface area contributed by atoms with Crippen LogP contribution in [0.25, 0.3) is 17.5 Å². The van der Waals surface area contributed by atoms with Crippen molar-refractivity contribution in [2.45, 2.75) is 4.90 Å². The monoisotopic (exact) mass is 335 g/mol. The highest BCUT2D eigenvalue weighted by molar-refractivity contribution is 7.98. The molecule has 2 aromatic carbocycles. The number of aromatic amines is 1. The Kier molecular flexibility index (Phi) is 5.13. The van der Waals surface area contributed by atoms with E-state index < -0.39 is 0 Å². The zero-order valence-corrected chi connectivity index (χ0v) is 14.0. The Morgan fingerprint density at radius 3 is 2.50 bits per heavy atom. The first-order valence-electron chi connectivity index (χ1n) is 7.47. The molecule has 0 spiro atoms. The zero-order valence-electron chi connectivity index (χ0n) is 13.2. The van der Waals surface area contributed by atoms with E-state index in [4.69, 9.17) is 0 Å². The number of nitrogens with one attached hydrogen (secondary N) is 2. The lowest BCUT2D eigenvalue weighted by Crippen LogP contribution is -2.07. The Balaban J connectivity index is 1.60. The number of thioether (sulfide) groups is 1. The van der Waals surface area contributed by atoms with Gasteiger partial charge in [-0.15, -0.1) is 11.8 Å². The molecule has 0 unspecified atom stereocenters. The van der Waals surface area contributed by atoms with E-state index in [1.165, 1.54) is 11.0 Å². The molecule has 2 N–H and O–H groups in total. The summed E-state index contributed by atoms with van der Waals surface area (Å²) < 4.78 is 0. The van der Waals surface area contributed by atoms with Crippen LogP contribution in [0.15, 0.2) is 71.9 Å². The minimum atomic E-state index is -0.158. The summed E-state index contributed by atoms with van der Waals surface area (Å²) in [5.74, 6) is 0.649. The Morgan fingerprint density at radius 2 is 1.88 bits per heavy atom. The lowest BCUT2D eigenvalue weighted by atomic mass is 10.2. The van der Waals surface area contributed by atoms with Crippen molar-refractivity contribution in [2.24, 2.45) is 0 Å². The highest BCUT2D eigenvalue weighted by atomic mass is 32.2. The Hall–Kier alpha value is -2.79. The van der Waals surface area contributed by atoms with E-state index in [9.17, 15) is 4.79 Å². The summed E-state index contributed by atoms with van der Waals surface area (Å²) >= 11 is 1.69. The molecule has 0 radical (unpaired) electrons. The number of amides is 1. The van der Waals surface area contributed by atoms with Gasteiger partial charge in [-0.25, -0.2) is 4.98 Å². The minimum absolute atomic E-state index is 0.158. The average molecular weight is 335 g/mol. The third-order valence-corrected chi connectivity index (χ3v) is 4.21. The van der Waals surface area contributed by atoms with Crippen molar-refractivity contribution in [3.63, 3.8) is 0 Å². The van der Waals surface area contributed by atoms with Crippen LogP contribution < -0.4 is 5.32 Å². The molecule has 0 fully saturated rings. The second-order valence-electron chi connectivity index (χ2n) is 5.11. The Bertz CT molecular complexity index is 822. The van der Waals surface area contributed by atoms with E-state index in [0.717, 1.165) is 22.6 Å². The van der Waals surface area contributed by atoms with E-state index in [1.54, 1.807) is 30.2 Å². The summed E-state index contributed by atoms with van der Waals surface area (Å²) in [5, 5.41) is 2.85. The molecule has 0 aliphatic carbocycles. The molecule has 0 saturated heterocycles. The Morgan fingerprint density at radius 1 is 1.12 bits per heavy atom. The standard InChI is InChI=1S/C19H17N3OS/c1-24-17-9-2-14(3-10-17)4-11-18(23)22-16-7-5-15(6-8-16)19-20-12-13-21-19/h2-13H,1H3,(H,20,21)(H,22,23)/b11-4+. The molecule has 0 saturated carbocycles. The number of anilines is 1. The van der Waals surface area contributed by atoms with Gasteiger partial charge in [-0.2, -0.15) is 0 Å². The number of imidazole rings is 1. The molecule has 5 heteroatoms. The number of rotatable bonds is 5. The summed E-state index contributed by atoms with van der Waals surface area (Å²) in [6.45, 7) is 0. The van der Waals surface area contributed by atoms with E-state index in [-0.39, 0.29) is 5.91 Å². The van der Waals surface area contributed by atoms with Crippen LogP contribution in [0.3, 0.4) is 0 Å². The number of aromatic nitrogens is 2. The van der Waals surface area contributed by atoms with Gasteiger partial charge in [0.05, 0.1) is 0 Å². The summed E-state index contributed by atoms with van der Waals surface area (Å²) in [6.07, 6.45) is 8.86. The number of hydrogen-bond acceptors (Lipinski definition) is 3. The Labute approximate surface area is 145 Å². The summed E-state index contributed by atoms with van der Waals surface area (Å²) in [5.41, 5.74) is 2.72. The number of benzene rings is 2. The maximum Gasteiger partial charge on any atom is 0.248 e. The van der Waals surface area contributed by atoms with Crippen molar-refractivity contribution in [1.29, 1.82) is 0 Å². The smallest absolute Gasteiger partial charge is 0.248 e. The van der Waals surface area contributed by atoms with Crippen molar-refractivity contribution in [3.05, 3.63) is 72.6 Å². The normalized spacial score (nSPS) is 10.9. The van der Waals surface area contributed by atoms with Crippen LogP contribution in [0.4, 0.5) is 5.69 Å². The van der Waals surface area contributed by atoms with Gasteiger partial charge in [0, 0.05) is 34.6 Å². The molecule has 3 rings (SSSR count). The largest absolute Gasteiger partial charge is 0.345 e. The molecule has 1 amide bonds. The van der Waals surface area contributed by atoms with Crippen LogP contribution in [-0.2, 0) is 4.79 Å². The molecule has 120 valence electrons. The SMILES string of the molecule is CSc1ccc(/C=C/C(=O)Nc2ccc(-c3ncc[nH]3)cc2)cc1. The number of nitrogens with zero attached hydrogens (tertiary/aromatic N) is 1. The second-order valence-corrected chi connectivity index (χ2v) is 5.99. The number of H-pyrrole nitrogens is 1. The minimum Gasteiger partial charge on any atom is -0.345 e. The number of carbonyl (C=O) groups is 1. The van der Waals surface area contributed by atoms with Crippen molar-refractivity contribution in [2.75, 3.05) is 11.6 Å². The molecule has 0 bridgehead atoms. The molecule has 1 aromatic heterocycles. The fraction of sp³-hybridized carbons (Fsp3) is 0.0526. The van der Waals surface area contributed by atoms with Gasteiger partial charge >= 0.3 is 0 Å². The lowest BCUT2D eigenvalue weighted by Gasteiger charge is -2.03. The summed E-state index contributed by atoms with van der Waals surface area (Å²) in [6, 6.07) is 15.6. The first-order chi connectivity index (χ1) is 11.7. The molecule has 0 aliphatic rings. The molecule has 3 aromatic rings. The average Bonchev–Trinajstić information content (AvgIpc) is 3.16. The predicted octanol–water partition coefficient (Wildman–Crippen LogP) is 4.45. The lowest BCUT2D eigenvalue weighted by molar-refractivity contribution is -0.111. The molecular weight excluding hydrogens is 318 g/mol. The topological polar surface area (TPSA) is 57.8 Å². The van der Waals surface area contributed by atoms with Crippen LogP contribution in [0, 0.1) is 0 Å². The molecular formula is C19H17N3OS. The maximum atomic E-state index is 12.0. The van der Waals surface area contributed by atoms with Crippen LogP contribution in [0.2, 0.25) is 0 Å². The van der Waals surface area contributed by atoms with Gasteiger partial charge in [-0.05, 0) is 54.3 Å². The molecule has 4 nitrogen and oxygen atoms in total. The molecule has 0 aliphatic heterocycles. The molecule has 0 atom stereocenters. The van der Waals surface area contributed by atoms with Crippen LogP contribution in [0.5, 0.6) is 0 Å². The van der Waals surface area contributed by atoms with Gasteiger partial charge in [0.15, 0.2) is 0 Å².